The third-order valence-corrected chi connectivity index (χ3v) is 3.71. The van der Waals surface area contributed by atoms with Crippen LogP contribution in [0.1, 0.15) is 22.5 Å². The van der Waals surface area contributed by atoms with E-state index in [4.69, 9.17) is 0 Å². The molecule has 0 fully saturated rings. The Morgan fingerprint density at radius 2 is 1.12 bits per heavy atom. The molecule has 1 aromatic carbocycles. The molecule has 3 rings (SSSR count). The van der Waals surface area contributed by atoms with E-state index >= 15 is 0 Å². The van der Waals surface area contributed by atoms with Crippen LogP contribution in [0.25, 0.3) is 0 Å². The molecular formula is C20H22N4. The number of nitrogens with zero attached hydrogens (tertiary/aromatic N) is 2. The van der Waals surface area contributed by atoms with Gasteiger partial charge < -0.3 is 10.6 Å². The molecule has 0 atom stereocenters. The molecule has 0 unspecified atom stereocenters. The van der Waals surface area contributed by atoms with E-state index in [2.05, 4.69) is 44.9 Å². The number of hydrogen-bond donors (Lipinski definition) is 2. The van der Waals surface area contributed by atoms with Gasteiger partial charge in [0.15, 0.2) is 0 Å². The summed E-state index contributed by atoms with van der Waals surface area (Å²) in [6.07, 6.45) is 3.65. The van der Waals surface area contributed by atoms with Gasteiger partial charge in [-0.1, -0.05) is 36.4 Å². The van der Waals surface area contributed by atoms with E-state index in [0.717, 1.165) is 37.6 Å². The van der Waals surface area contributed by atoms with Gasteiger partial charge >= 0.3 is 0 Å². The quantitative estimate of drug-likeness (QED) is 0.670. The lowest BCUT2D eigenvalue weighted by Crippen LogP contribution is -2.15. The van der Waals surface area contributed by atoms with Crippen LogP contribution in [-0.2, 0) is 26.2 Å². The third-order valence-electron chi connectivity index (χ3n) is 3.71. The molecule has 3 aromatic rings. The molecule has 0 bridgehead atoms. The zero-order valence-electron chi connectivity index (χ0n) is 13.7. The molecule has 4 heteroatoms. The molecule has 122 valence electrons. The van der Waals surface area contributed by atoms with E-state index in [1.807, 2.05) is 48.8 Å². The molecule has 0 spiro atoms. The fraction of sp³-hybridized carbons (Fsp3) is 0.200. The monoisotopic (exact) mass is 318 g/mol. The minimum Gasteiger partial charge on any atom is -0.307 e. The Labute approximate surface area is 143 Å². The lowest BCUT2D eigenvalue weighted by atomic mass is 10.1. The number of hydrogen-bond acceptors (Lipinski definition) is 4. The van der Waals surface area contributed by atoms with Gasteiger partial charge in [-0.25, -0.2) is 0 Å². The molecule has 0 amide bonds. The van der Waals surface area contributed by atoms with Crippen LogP contribution in [-0.4, -0.2) is 9.97 Å². The van der Waals surface area contributed by atoms with Crippen LogP contribution < -0.4 is 10.6 Å². The van der Waals surface area contributed by atoms with Crippen molar-refractivity contribution < 1.29 is 0 Å². The van der Waals surface area contributed by atoms with Crippen LogP contribution in [0.15, 0.2) is 73.1 Å². The normalized spacial score (nSPS) is 10.7. The Balaban J connectivity index is 1.45. The maximum atomic E-state index is 4.32. The molecule has 2 heterocycles. The van der Waals surface area contributed by atoms with Crippen LogP contribution >= 0.6 is 0 Å². The Morgan fingerprint density at radius 3 is 1.58 bits per heavy atom. The van der Waals surface area contributed by atoms with E-state index in [1.54, 1.807) is 0 Å². The predicted molar refractivity (Wildman–Crippen MR) is 96.0 cm³/mol. The van der Waals surface area contributed by atoms with Crippen LogP contribution in [0.3, 0.4) is 0 Å². The van der Waals surface area contributed by atoms with Gasteiger partial charge in [-0.2, -0.15) is 0 Å². The summed E-state index contributed by atoms with van der Waals surface area (Å²) in [6, 6.07) is 20.6. The third kappa shape index (κ3) is 5.26. The van der Waals surface area contributed by atoms with Crippen molar-refractivity contribution in [2.24, 2.45) is 0 Å². The Kier molecular flexibility index (Phi) is 6.05. The number of nitrogens with one attached hydrogen (secondary N) is 2. The summed E-state index contributed by atoms with van der Waals surface area (Å²) < 4.78 is 0. The molecule has 4 nitrogen and oxygen atoms in total. The minimum atomic E-state index is 0.781. The first-order chi connectivity index (χ1) is 11.9. The van der Waals surface area contributed by atoms with Crippen molar-refractivity contribution in [3.8, 4) is 0 Å². The molecule has 24 heavy (non-hydrogen) atoms. The van der Waals surface area contributed by atoms with Crippen LogP contribution in [0.5, 0.6) is 0 Å². The molecule has 2 N–H and O–H groups in total. The summed E-state index contributed by atoms with van der Waals surface area (Å²) in [5, 5.41) is 6.87. The molecule has 0 saturated carbocycles. The van der Waals surface area contributed by atoms with Crippen molar-refractivity contribution in [2.75, 3.05) is 0 Å². The van der Waals surface area contributed by atoms with E-state index in [-0.39, 0.29) is 0 Å². The zero-order valence-corrected chi connectivity index (χ0v) is 13.7. The first-order valence-electron chi connectivity index (χ1n) is 8.19. The average molecular weight is 318 g/mol. The standard InChI is InChI=1S/C20H22N4/c1-3-10-23-19(8-1)15-21-13-17-6-5-7-18(12-17)14-22-16-20-9-2-4-11-24-20/h1-12,21-22H,13-16H2. The fourth-order valence-corrected chi connectivity index (χ4v) is 2.52. The van der Waals surface area contributed by atoms with Crippen LogP contribution in [0.4, 0.5) is 0 Å². The molecule has 0 saturated heterocycles. The summed E-state index contributed by atoms with van der Waals surface area (Å²) in [6.45, 7) is 3.24. The second kappa shape index (κ2) is 8.91. The van der Waals surface area contributed by atoms with Crippen molar-refractivity contribution >= 4 is 0 Å². The predicted octanol–water partition coefficient (Wildman–Crippen LogP) is 3.06. The molecule has 2 aromatic heterocycles. The summed E-state index contributed by atoms with van der Waals surface area (Å²) in [5.74, 6) is 0. The van der Waals surface area contributed by atoms with Crippen LogP contribution in [0, 0.1) is 0 Å². The molecule has 0 radical (unpaired) electrons. The number of aromatic nitrogens is 2. The van der Waals surface area contributed by atoms with Gasteiger partial charge in [-0.15, -0.1) is 0 Å². The molecule has 0 aliphatic carbocycles. The van der Waals surface area contributed by atoms with Crippen LogP contribution in [0.2, 0.25) is 0 Å². The van der Waals surface area contributed by atoms with Crippen molar-refractivity contribution in [3.05, 3.63) is 95.6 Å². The Bertz CT molecular complexity index is 668. The van der Waals surface area contributed by atoms with Gasteiger partial charge in [0, 0.05) is 38.6 Å². The first kappa shape index (κ1) is 16.3. The topological polar surface area (TPSA) is 49.8 Å². The number of rotatable bonds is 8. The summed E-state index contributed by atoms with van der Waals surface area (Å²) in [5.41, 5.74) is 4.68. The molecule has 0 aliphatic rings. The van der Waals surface area contributed by atoms with Gasteiger partial charge in [0.2, 0.25) is 0 Å². The highest BCUT2D eigenvalue weighted by atomic mass is 14.9. The highest BCUT2D eigenvalue weighted by molar-refractivity contribution is 5.23. The first-order valence-corrected chi connectivity index (χ1v) is 8.19. The summed E-state index contributed by atoms with van der Waals surface area (Å²) in [4.78, 5) is 8.64. The lowest BCUT2D eigenvalue weighted by Gasteiger charge is -2.08. The largest absolute Gasteiger partial charge is 0.307 e. The van der Waals surface area contributed by atoms with Crippen molar-refractivity contribution in [2.45, 2.75) is 26.2 Å². The van der Waals surface area contributed by atoms with Gasteiger partial charge in [0.25, 0.3) is 0 Å². The highest BCUT2D eigenvalue weighted by Crippen LogP contribution is 2.06. The maximum Gasteiger partial charge on any atom is 0.0541 e. The Hall–Kier alpha value is -2.56. The van der Waals surface area contributed by atoms with E-state index in [1.165, 1.54) is 11.1 Å². The van der Waals surface area contributed by atoms with Gasteiger partial charge in [-0.3, -0.25) is 9.97 Å². The van der Waals surface area contributed by atoms with Gasteiger partial charge in [0.1, 0.15) is 0 Å². The smallest absolute Gasteiger partial charge is 0.0541 e. The zero-order chi connectivity index (χ0) is 16.5. The van der Waals surface area contributed by atoms with E-state index < -0.39 is 0 Å². The SMILES string of the molecule is c1ccc(CNCc2cccc(CNCc3ccccn3)c2)nc1. The second-order valence-electron chi connectivity index (χ2n) is 5.67. The fourth-order valence-electron chi connectivity index (χ4n) is 2.52. The van der Waals surface area contributed by atoms with Gasteiger partial charge in [-0.05, 0) is 35.4 Å². The van der Waals surface area contributed by atoms with Crippen molar-refractivity contribution in [3.63, 3.8) is 0 Å². The number of pyridine rings is 2. The molecular weight excluding hydrogens is 296 g/mol. The Morgan fingerprint density at radius 1 is 0.583 bits per heavy atom. The summed E-state index contributed by atoms with van der Waals surface area (Å²) >= 11 is 0. The minimum absolute atomic E-state index is 0.781. The average Bonchev–Trinajstić information content (AvgIpc) is 2.64. The summed E-state index contributed by atoms with van der Waals surface area (Å²) in [7, 11) is 0. The highest BCUT2D eigenvalue weighted by Gasteiger charge is 1.98. The van der Waals surface area contributed by atoms with Gasteiger partial charge in [0.05, 0.1) is 11.4 Å². The number of benzene rings is 1. The van der Waals surface area contributed by atoms with E-state index in [9.17, 15) is 0 Å². The lowest BCUT2D eigenvalue weighted by molar-refractivity contribution is 0.668. The van der Waals surface area contributed by atoms with E-state index in [0.29, 0.717) is 0 Å². The molecule has 0 aliphatic heterocycles. The van der Waals surface area contributed by atoms with Crippen molar-refractivity contribution in [1.82, 2.24) is 20.6 Å². The maximum absolute atomic E-state index is 4.32. The second-order valence-corrected chi connectivity index (χ2v) is 5.67. The van der Waals surface area contributed by atoms with Crippen molar-refractivity contribution in [1.29, 1.82) is 0 Å².